The SMILES string of the molecule is CC(=O)c1ccc(N2CCN(c3c(C#N)cnc4c(F)ccc(Cl)c34)CC2)c(F)c1. The van der Waals surface area contributed by atoms with Gasteiger partial charge in [-0.05, 0) is 37.3 Å². The zero-order valence-electron chi connectivity index (χ0n) is 16.1. The first-order valence-electron chi connectivity index (χ1n) is 9.38. The number of carbonyl (C=O) groups is 1. The van der Waals surface area contributed by atoms with E-state index in [1.165, 1.54) is 31.3 Å². The molecule has 1 aromatic heterocycles. The zero-order chi connectivity index (χ0) is 21.4. The molecule has 1 aliphatic rings. The largest absolute Gasteiger partial charge is 0.366 e. The Morgan fingerprint density at radius 1 is 1.10 bits per heavy atom. The highest BCUT2D eigenvalue weighted by Gasteiger charge is 2.25. The topological polar surface area (TPSA) is 60.2 Å². The van der Waals surface area contributed by atoms with Gasteiger partial charge in [-0.25, -0.2) is 8.78 Å². The molecule has 0 aliphatic carbocycles. The first-order valence-corrected chi connectivity index (χ1v) is 9.75. The second-order valence-electron chi connectivity index (χ2n) is 7.08. The first-order chi connectivity index (χ1) is 14.4. The third kappa shape index (κ3) is 3.44. The molecule has 5 nitrogen and oxygen atoms in total. The smallest absolute Gasteiger partial charge is 0.159 e. The van der Waals surface area contributed by atoms with Crippen LogP contribution in [0.25, 0.3) is 10.9 Å². The average Bonchev–Trinajstić information content (AvgIpc) is 2.75. The van der Waals surface area contributed by atoms with Gasteiger partial charge < -0.3 is 9.80 Å². The normalized spacial score (nSPS) is 14.1. The average molecular weight is 427 g/mol. The Bertz CT molecular complexity index is 1200. The van der Waals surface area contributed by atoms with E-state index < -0.39 is 11.6 Å². The number of anilines is 2. The fourth-order valence-corrected chi connectivity index (χ4v) is 4.02. The summed E-state index contributed by atoms with van der Waals surface area (Å²) in [5, 5.41) is 10.3. The minimum atomic E-state index is -0.508. The second-order valence-corrected chi connectivity index (χ2v) is 7.49. The van der Waals surface area contributed by atoms with E-state index in [-0.39, 0.29) is 11.3 Å². The van der Waals surface area contributed by atoms with E-state index in [9.17, 15) is 18.8 Å². The van der Waals surface area contributed by atoms with Crippen molar-refractivity contribution in [3.63, 3.8) is 0 Å². The molecule has 1 aliphatic heterocycles. The molecule has 30 heavy (non-hydrogen) atoms. The van der Waals surface area contributed by atoms with E-state index in [4.69, 9.17) is 11.6 Å². The number of pyridine rings is 1. The summed E-state index contributed by atoms with van der Waals surface area (Å²) in [7, 11) is 0. The maximum atomic E-state index is 14.5. The third-order valence-electron chi connectivity index (χ3n) is 5.30. The highest BCUT2D eigenvalue weighted by Crippen LogP contribution is 2.36. The molecule has 1 fully saturated rings. The van der Waals surface area contributed by atoms with Crippen molar-refractivity contribution in [1.29, 1.82) is 5.26 Å². The van der Waals surface area contributed by atoms with E-state index >= 15 is 0 Å². The number of ketones is 1. The lowest BCUT2D eigenvalue weighted by Crippen LogP contribution is -2.47. The summed E-state index contributed by atoms with van der Waals surface area (Å²) in [6, 6.07) is 9.28. The van der Waals surface area contributed by atoms with E-state index in [1.807, 2.05) is 9.80 Å². The molecule has 2 heterocycles. The van der Waals surface area contributed by atoms with Crippen molar-refractivity contribution in [3.05, 3.63) is 64.3 Å². The number of nitriles is 1. The quantitative estimate of drug-likeness (QED) is 0.574. The number of hydrogen-bond donors (Lipinski definition) is 0. The molecule has 0 unspecified atom stereocenters. The lowest BCUT2D eigenvalue weighted by atomic mass is 10.1. The van der Waals surface area contributed by atoms with Crippen LogP contribution >= 0.6 is 11.6 Å². The van der Waals surface area contributed by atoms with Crippen molar-refractivity contribution in [1.82, 2.24) is 4.98 Å². The third-order valence-corrected chi connectivity index (χ3v) is 5.62. The van der Waals surface area contributed by atoms with Gasteiger partial charge in [-0.3, -0.25) is 9.78 Å². The Kier molecular flexibility index (Phi) is 5.27. The van der Waals surface area contributed by atoms with Crippen LogP contribution in [0, 0.1) is 23.0 Å². The summed E-state index contributed by atoms with van der Waals surface area (Å²) >= 11 is 6.34. The van der Waals surface area contributed by atoms with Crippen LogP contribution < -0.4 is 9.80 Å². The predicted molar refractivity (Wildman–Crippen MR) is 112 cm³/mol. The Balaban J connectivity index is 1.65. The van der Waals surface area contributed by atoms with Gasteiger partial charge in [0, 0.05) is 43.3 Å². The Hall–Kier alpha value is -3.24. The van der Waals surface area contributed by atoms with Gasteiger partial charge in [-0.1, -0.05) is 11.6 Å². The number of Topliss-reactive ketones (excluding diaryl/α,β-unsaturated/α-hetero) is 1. The fourth-order valence-electron chi connectivity index (χ4n) is 3.78. The van der Waals surface area contributed by atoms with Gasteiger partial charge in [0.15, 0.2) is 5.78 Å². The van der Waals surface area contributed by atoms with Crippen LogP contribution in [0.15, 0.2) is 36.5 Å². The summed E-state index contributed by atoms with van der Waals surface area (Å²) in [6.07, 6.45) is 1.35. The molecule has 0 amide bonds. The van der Waals surface area contributed by atoms with Crippen LogP contribution in [-0.4, -0.2) is 36.9 Å². The first kappa shape index (κ1) is 20.0. The summed E-state index contributed by atoms with van der Waals surface area (Å²) in [5.74, 6) is -1.15. The summed E-state index contributed by atoms with van der Waals surface area (Å²) < 4.78 is 28.8. The molecule has 0 atom stereocenters. The molecular weight excluding hydrogens is 410 g/mol. The summed E-state index contributed by atoms with van der Waals surface area (Å²) in [6.45, 7) is 3.33. The zero-order valence-corrected chi connectivity index (χ0v) is 16.9. The van der Waals surface area contributed by atoms with Gasteiger partial charge in [0.25, 0.3) is 0 Å². The van der Waals surface area contributed by atoms with Crippen molar-refractivity contribution in [2.75, 3.05) is 36.0 Å². The summed E-state index contributed by atoms with van der Waals surface area (Å²) in [5.41, 5.74) is 1.71. The molecular formula is C22H17ClF2N4O. The lowest BCUT2D eigenvalue weighted by Gasteiger charge is -2.38. The fraction of sp³-hybridized carbons (Fsp3) is 0.227. The van der Waals surface area contributed by atoms with Crippen LogP contribution in [-0.2, 0) is 0 Å². The van der Waals surface area contributed by atoms with Gasteiger partial charge in [0.2, 0.25) is 0 Å². The maximum absolute atomic E-state index is 14.5. The number of halogens is 3. The molecule has 152 valence electrons. The Morgan fingerprint density at radius 2 is 1.80 bits per heavy atom. The van der Waals surface area contributed by atoms with Crippen LogP contribution in [0.1, 0.15) is 22.8 Å². The van der Waals surface area contributed by atoms with Gasteiger partial charge in [-0.15, -0.1) is 0 Å². The molecule has 0 spiro atoms. The Labute approximate surface area is 177 Å². The van der Waals surface area contributed by atoms with E-state index in [2.05, 4.69) is 11.1 Å². The molecule has 0 saturated carbocycles. The highest BCUT2D eigenvalue weighted by molar-refractivity contribution is 6.36. The minimum absolute atomic E-state index is 0.116. The van der Waals surface area contributed by atoms with Crippen molar-refractivity contribution in [2.24, 2.45) is 0 Å². The number of carbonyl (C=O) groups excluding carboxylic acids is 1. The van der Waals surface area contributed by atoms with Gasteiger partial charge in [0.05, 0.1) is 22.0 Å². The lowest BCUT2D eigenvalue weighted by molar-refractivity contribution is 0.101. The maximum Gasteiger partial charge on any atom is 0.159 e. The van der Waals surface area contributed by atoms with Gasteiger partial charge in [0.1, 0.15) is 23.2 Å². The molecule has 0 bridgehead atoms. The number of rotatable bonds is 3. The van der Waals surface area contributed by atoms with E-state index in [1.54, 1.807) is 12.1 Å². The number of nitrogens with zero attached hydrogens (tertiary/aromatic N) is 4. The molecule has 4 rings (SSSR count). The molecule has 8 heteroatoms. The van der Waals surface area contributed by atoms with E-state index in [0.717, 1.165) is 0 Å². The van der Waals surface area contributed by atoms with Crippen LogP contribution in [0.3, 0.4) is 0 Å². The van der Waals surface area contributed by atoms with E-state index in [0.29, 0.717) is 59.1 Å². The van der Waals surface area contributed by atoms with Gasteiger partial charge in [-0.2, -0.15) is 5.26 Å². The number of piperazine rings is 1. The van der Waals surface area contributed by atoms with Crippen LogP contribution in [0.4, 0.5) is 20.2 Å². The Morgan fingerprint density at radius 3 is 2.43 bits per heavy atom. The van der Waals surface area contributed by atoms with Crippen molar-refractivity contribution in [2.45, 2.75) is 6.92 Å². The summed E-state index contributed by atoms with van der Waals surface area (Å²) in [4.78, 5) is 19.3. The van der Waals surface area contributed by atoms with Crippen LogP contribution in [0.2, 0.25) is 5.02 Å². The standard InChI is InChI=1S/C22H17ClF2N4O/c1-13(30)14-2-5-19(18(25)10-14)28-6-8-29(9-7-28)22-15(11-26)12-27-21-17(24)4-3-16(23)20(21)22/h2-5,10,12H,6-9H2,1H3. The highest BCUT2D eigenvalue weighted by atomic mass is 35.5. The van der Waals surface area contributed by atoms with Crippen molar-refractivity contribution in [3.8, 4) is 6.07 Å². The van der Waals surface area contributed by atoms with Gasteiger partial charge >= 0.3 is 0 Å². The monoisotopic (exact) mass is 426 g/mol. The molecule has 0 radical (unpaired) electrons. The number of aromatic nitrogens is 1. The number of hydrogen-bond acceptors (Lipinski definition) is 5. The number of fused-ring (bicyclic) bond motifs is 1. The molecule has 0 N–H and O–H groups in total. The minimum Gasteiger partial charge on any atom is -0.366 e. The van der Waals surface area contributed by atoms with Crippen LogP contribution in [0.5, 0.6) is 0 Å². The molecule has 1 saturated heterocycles. The van der Waals surface area contributed by atoms with Crippen molar-refractivity contribution >= 4 is 39.7 Å². The molecule has 3 aromatic rings. The number of benzene rings is 2. The second kappa shape index (κ2) is 7.88. The predicted octanol–water partition coefficient (Wildman–Crippen LogP) is 4.57. The van der Waals surface area contributed by atoms with Crippen molar-refractivity contribution < 1.29 is 13.6 Å². The molecule has 2 aromatic carbocycles.